The van der Waals surface area contributed by atoms with E-state index in [4.69, 9.17) is 16.0 Å². The number of rotatable bonds is 4. The molecule has 0 saturated heterocycles. The van der Waals surface area contributed by atoms with Crippen LogP contribution in [0.4, 0.5) is 0 Å². The van der Waals surface area contributed by atoms with Gasteiger partial charge in [-0.05, 0) is 32.9 Å². The molecule has 18 heavy (non-hydrogen) atoms. The van der Waals surface area contributed by atoms with Gasteiger partial charge in [-0.3, -0.25) is 9.48 Å². The van der Waals surface area contributed by atoms with Crippen LogP contribution < -0.4 is 0 Å². The van der Waals surface area contributed by atoms with E-state index in [1.807, 2.05) is 20.8 Å². The standard InChI is InChI=1S/C13H15ClN2O2/c1-4-16-10(13(14)9(3)15-16)7-11(17)12-6-5-8(2)18-12/h5-6H,4,7H2,1-3H3. The molecule has 0 unspecified atom stereocenters. The fraction of sp³-hybridized carbons (Fsp3) is 0.385. The van der Waals surface area contributed by atoms with Gasteiger partial charge in [0.25, 0.3) is 0 Å². The lowest BCUT2D eigenvalue weighted by molar-refractivity contribution is 0.0962. The zero-order chi connectivity index (χ0) is 13.3. The van der Waals surface area contributed by atoms with Gasteiger partial charge in [0.1, 0.15) is 5.76 Å². The summed E-state index contributed by atoms with van der Waals surface area (Å²) >= 11 is 6.16. The number of hydrogen-bond donors (Lipinski definition) is 0. The zero-order valence-electron chi connectivity index (χ0n) is 10.7. The largest absolute Gasteiger partial charge is 0.458 e. The van der Waals surface area contributed by atoms with Gasteiger partial charge in [-0.2, -0.15) is 5.10 Å². The molecule has 0 aliphatic rings. The molecular weight excluding hydrogens is 252 g/mol. The molecule has 0 aliphatic carbocycles. The minimum Gasteiger partial charge on any atom is -0.458 e. The molecule has 0 N–H and O–H groups in total. The smallest absolute Gasteiger partial charge is 0.203 e. The number of carbonyl (C=O) groups excluding carboxylic acids is 1. The van der Waals surface area contributed by atoms with Crippen molar-refractivity contribution in [2.24, 2.45) is 0 Å². The van der Waals surface area contributed by atoms with Crippen molar-refractivity contribution in [2.75, 3.05) is 0 Å². The Morgan fingerprint density at radius 3 is 2.72 bits per heavy atom. The Balaban J connectivity index is 2.26. The van der Waals surface area contributed by atoms with Crippen molar-refractivity contribution in [3.05, 3.63) is 40.1 Å². The van der Waals surface area contributed by atoms with Crippen LogP contribution in [0.25, 0.3) is 0 Å². The van der Waals surface area contributed by atoms with Crippen molar-refractivity contribution in [1.29, 1.82) is 0 Å². The van der Waals surface area contributed by atoms with Gasteiger partial charge in [0.15, 0.2) is 5.76 Å². The number of carbonyl (C=O) groups is 1. The first-order valence-electron chi connectivity index (χ1n) is 5.84. The summed E-state index contributed by atoms with van der Waals surface area (Å²) in [4.78, 5) is 12.1. The highest BCUT2D eigenvalue weighted by Gasteiger charge is 2.18. The summed E-state index contributed by atoms with van der Waals surface area (Å²) in [7, 11) is 0. The fourth-order valence-corrected chi connectivity index (χ4v) is 2.06. The number of halogens is 1. The maximum Gasteiger partial charge on any atom is 0.203 e. The van der Waals surface area contributed by atoms with E-state index in [0.29, 0.717) is 17.3 Å². The van der Waals surface area contributed by atoms with Gasteiger partial charge in [-0.15, -0.1) is 0 Å². The minimum atomic E-state index is -0.0837. The first kappa shape index (κ1) is 12.9. The SMILES string of the molecule is CCn1nc(C)c(Cl)c1CC(=O)c1ccc(C)o1. The summed E-state index contributed by atoms with van der Waals surface area (Å²) in [6, 6.07) is 3.46. The van der Waals surface area contributed by atoms with Crippen molar-refractivity contribution in [1.82, 2.24) is 9.78 Å². The third-order valence-corrected chi connectivity index (χ3v) is 3.29. The number of aryl methyl sites for hydroxylation is 3. The molecule has 0 amide bonds. The van der Waals surface area contributed by atoms with Crippen molar-refractivity contribution in [3.8, 4) is 0 Å². The van der Waals surface area contributed by atoms with E-state index in [0.717, 1.165) is 17.1 Å². The molecule has 0 spiro atoms. The van der Waals surface area contributed by atoms with Crippen LogP contribution in [0.2, 0.25) is 5.02 Å². The van der Waals surface area contributed by atoms with E-state index in [9.17, 15) is 4.79 Å². The quantitative estimate of drug-likeness (QED) is 0.799. The van der Waals surface area contributed by atoms with E-state index in [-0.39, 0.29) is 12.2 Å². The van der Waals surface area contributed by atoms with Crippen LogP contribution in [0, 0.1) is 13.8 Å². The van der Waals surface area contributed by atoms with Crippen LogP contribution in [0.15, 0.2) is 16.5 Å². The number of aromatic nitrogens is 2. The molecule has 0 saturated carbocycles. The van der Waals surface area contributed by atoms with Gasteiger partial charge < -0.3 is 4.42 Å². The molecule has 4 nitrogen and oxygen atoms in total. The molecule has 0 radical (unpaired) electrons. The van der Waals surface area contributed by atoms with Gasteiger partial charge in [-0.25, -0.2) is 0 Å². The number of Topliss-reactive ketones (excluding diaryl/α,β-unsaturated/α-hetero) is 1. The number of furan rings is 1. The Morgan fingerprint density at radius 2 is 2.17 bits per heavy atom. The lowest BCUT2D eigenvalue weighted by Gasteiger charge is -2.03. The molecule has 0 fully saturated rings. The molecule has 2 aromatic heterocycles. The third-order valence-electron chi connectivity index (χ3n) is 2.80. The highest BCUT2D eigenvalue weighted by Crippen LogP contribution is 2.22. The van der Waals surface area contributed by atoms with E-state index in [2.05, 4.69) is 5.10 Å². The van der Waals surface area contributed by atoms with Gasteiger partial charge in [0, 0.05) is 6.54 Å². The molecule has 2 aromatic rings. The molecule has 96 valence electrons. The second-order valence-electron chi connectivity index (χ2n) is 4.17. The average Bonchev–Trinajstić information content (AvgIpc) is 2.88. The Morgan fingerprint density at radius 1 is 1.44 bits per heavy atom. The Bertz CT molecular complexity index is 584. The van der Waals surface area contributed by atoms with Crippen molar-refractivity contribution >= 4 is 17.4 Å². The van der Waals surface area contributed by atoms with Crippen LogP contribution in [0.3, 0.4) is 0 Å². The first-order chi connectivity index (χ1) is 8.52. The van der Waals surface area contributed by atoms with Crippen molar-refractivity contribution in [3.63, 3.8) is 0 Å². The Kier molecular flexibility index (Phi) is 3.57. The topological polar surface area (TPSA) is 48.0 Å². The summed E-state index contributed by atoms with van der Waals surface area (Å²) in [5.41, 5.74) is 1.49. The number of ketones is 1. The highest BCUT2D eigenvalue weighted by molar-refractivity contribution is 6.32. The van der Waals surface area contributed by atoms with Gasteiger partial charge in [0.05, 0.1) is 22.8 Å². The third kappa shape index (κ3) is 2.34. The van der Waals surface area contributed by atoms with Crippen LogP contribution in [0.1, 0.15) is 34.6 Å². The molecule has 2 heterocycles. The Labute approximate surface area is 111 Å². The molecule has 5 heteroatoms. The predicted octanol–water partition coefficient (Wildman–Crippen LogP) is 3.19. The minimum absolute atomic E-state index is 0.0837. The van der Waals surface area contributed by atoms with E-state index >= 15 is 0 Å². The predicted molar refractivity (Wildman–Crippen MR) is 69.1 cm³/mol. The summed E-state index contributed by atoms with van der Waals surface area (Å²) < 4.78 is 7.07. The normalized spacial score (nSPS) is 10.9. The van der Waals surface area contributed by atoms with Crippen LogP contribution in [0.5, 0.6) is 0 Å². The molecule has 2 rings (SSSR count). The molecule has 0 bridgehead atoms. The maximum atomic E-state index is 12.1. The zero-order valence-corrected chi connectivity index (χ0v) is 11.4. The Hall–Kier alpha value is -1.55. The second-order valence-corrected chi connectivity index (χ2v) is 4.55. The fourth-order valence-electron chi connectivity index (χ4n) is 1.86. The van der Waals surface area contributed by atoms with E-state index in [1.54, 1.807) is 16.8 Å². The first-order valence-corrected chi connectivity index (χ1v) is 6.22. The lowest BCUT2D eigenvalue weighted by Crippen LogP contribution is -2.09. The summed E-state index contributed by atoms with van der Waals surface area (Å²) in [6.07, 6.45) is 0.209. The van der Waals surface area contributed by atoms with Crippen molar-refractivity contribution in [2.45, 2.75) is 33.7 Å². The summed E-state index contributed by atoms with van der Waals surface area (Å²) in [5.74, 6) is 1.01. The second kappa shape index (κ2) is 4.98. The van der Waals surface area contributed by atoms with Crippen LogP contribution >= 0.6 is 11.6 Å². The average molecular weight is 267 g/mol. The van der Waals surface area contributed by atoms with E-state index in [1.165, 1.54) is 0 Å². The van der Waals surface area contributed by atoms with Crippen molar-refractivity contribution < 1.29 is 9.21 Å². The van der Waals surface area contributed by atoms with Gasteiger partial charge >= 0.3 is 0 Å². The number of hydrogen-bond acceptors (Lipinski definition) is 3. The molecule has 0 atom stereocenters. The lowest BCUT2D eigenvalue weighted by atomic mass is 10.1. The molecule has 0 aromatic carbocycles. The maximum absolute atomic E-state index is 12.1. The van der Waals surface area contributed by atoms with Crippen LogP contribution in [-0.2, 0) is 13.0 Å². The van der Waals surface area contributed by atoms with Gasteiger partial charge in [-0.1, -0.05) is 11.6 Å². The molecule has 0 aliphatic heterocycles. The van der Waals surface area contributed by atoms with E-state index < -0.39 is 0 Å². The van der Waals surface area contributed by atoms with Crippen LogP contribution in [-0.4, -0.2) is 15.6 Å². The summed E-state index contributed by atoms with van der Waals surface area (Å²) in [6.45, 7) is 6.30. The molecular formula is C13H15ClN2O2. The highest BCUT2D eigenvalue weighted by atomic mass is 35.5. The monoisotopic (exact) mass is 266 g/mol. The van der Waals surface area contributed by atoms with Gasteiger partial charge in [0.2, 0.25) is 5.78 Å². The summed E-state index contributed by atoms with van der Waals surface area (Å²) in [5, 5.41) is 4.85. The number of nitrogens with zero attached hydrogens (tertiary/aromatic N) is 2.